The third kappa shape index (κ3) is 6.21. The fourth-order valence-electron chi connectivity index (χ4n) is 5.37. The van der Waals surface area contributed by atoms with E-state index in [9.17, 15) is 51.1 Å². The molecule has 17 heteroatoms. The normalized spacial score (nSPS) is 34.1. The minimum atomic E-state index is -1.80. The minimum Gasteiger partial charge on any atom is -0.571 e. The minimum absolute atomic E-state index is 0.00471. The molecule has 17 nitrogen and oxygen atoms in total. The van der Waals surface area contributed by atoms with E-state index in [4.69, 9.17) is 28.4 Å². The monoisotopic (exact) mass is 657 g/mol. The van der Waals surface area contributed by atoms with Crippen molar-refractivity contribution in [2.75, 3.05) is 27.4 Å². The molecule has 2 fully saturated rings. The maximum atomic E-state index is 10.7. The van der Waals surface area contributed by atoms with Gasteiger partial charge in [0.05, 0.1) is 39.1 Å². The number of fused-ring (bicyclic) bond motifs is 1. The summed E-state index contributed by atoms with van der Waals surface area (Å²) in [5.41, 5.74) is 0.441. The predicted molar refractivity (Wildman–Crippen MR) is 151 cm³/mol. The van der Waals surface area contributed by atoms with Crippen LogP contribution in [0.4, 0.5) is 0 Å². The Kier molecular flexibility index (Phi) is 9.99. The fourth-order valence-corrected chi connectivity index (χ4v) is 5.37. The summed E-state index contributed by atoms with van der Waals surface area (Å²) < 4.78 is 38.1. The van der Waals surface area contributed by atoms with Crippen molar-refractivity contribution in [2.24, 2.45) is 0 Å². The van der Waals surface area contributed by atoms with Crippen LogP contribution in [0.3, 0.4) is 0 Å². The lowest BCUT2D eigenvalue weighted by molar-refractivity contribution is -0.295. The average molecular weight is 658 g/mol. The summed E-state index contributed by atoms with van der Waals surface area (Å²) in [6, 6.07) is 5.27. The van der Waals surface area contributed by atoms with E-state index in [0.717, 1.165) is 6.07 Å². The van der Waals surface area contributed by atoms with Gasteiger partial charge in [0.25, 0.3) is 11.9 Å². The molecule has 0 amide bonds. The Morgan fingerprint density at radius 1 is 0.674 bits per heavy atom. The van der Waals surface area contributed by atoms with Gasteiger partial charge in [-0.1, -0.05) is 0 Å². The molecule has 2 aromatic carbocycles. The van der Waals surface area contributed by atoms with Crippen LogP contribution in [0.15, 0.2) is 30.0 Å². The van der Waals surface area contributed by atoms with Crippen molar-refractivity contribution in [1.82, 2.24) is 0 Å². The summed E-state index contributed by atoms with van der Waals surface area (Å²) in [6.45, 7) is -1.43. The van der Waals surface area contributed by atoms with Crippen LogP contribution in [0.25, 0.3) is 6.08 Å². The third-order valence-corrected chi connectivity index (χ3v) is 7.94. The first kappa shape index (κ1) is 33.7. The zero-order valence-corrected chi connectivity index (χ0v) is 24.5. The number of aromatic hydroxyl groups is 3. The van der Waals surface area contributed by atoms with Gasteiger partial charge in [0, 0.05) is 12.1 Å². The lowest BCUT2D eigenvalue weighted by Gasteiger charge is -2.40. The maximum absolute atomic E-state index is 10.7. The lowest BCUT2D eigenvalue weighted by atomic mass is 9.98. The van der Waals surface area contributed by atoms with Gasteiger partial charge in [0.1, 0.15) is 65.9 Å². The lowest BCUT2D eigenvalue weighted by Crippen LogP contribution is -2.60. The van der Waals surface area contributed by atoms with Crippen LogP contribution >= 0.6 is 0 Å². The smallest absolute Gasteiger partial charge is 0.270 e. The molecule has 0 bridgehead atoms. The first-order valence-corrected chi connectivity index (χ1v) is 14.1. The summed E-state index contributed by atoms with van der Waals surface area (Å²) in [6.07, 6.45) is -16.0. The molecule has 3 heterocycles. The van der Waals surface area contributed by atoms with E-state index in [1.165, 1.54) is 38.5 Å². The summed E-state index contributed by atoms with van der Waals surface area (Å²) in [5.74, 6) is -0.758. The predicted octanol–water partition coefficient (Wildman–Crippen LogP) is -2.55. The molecule has 0 saturated carbocycles. The number of phenols is 2. The van der Waals surface area contributed by atoms with E-state index in [0.29, 0.717) is 5.56 Å². The van der Waals surface area contributed by atoms with Gasteiger partial charge in [-0.15, -0.1) is 0 Å². The van der Waals surface area contributed by atoms with Crippen molar-refractivity contribution in [1.29, 1.82) is 0 Å². The standard InChI is InChI=1S/C29H36O17/c1-40-15-3-10(4-16(41-2)20(15)33)27-17(44-29-26(39)24(37)22(35)19(9-31)46-29)7-12-13(42-27)5-11(32)6-14(12)43-28-25(38)23(36)21(34)18(8-30)45-28/h3-7,18-19,21-39H,8-9H2,1-2H3/p+1/t18-,19-,21-,22-,23+,24+,25-,26-,27?,28-,29-/m1/s1. The SMILES string of the molecule is COc1cc(C2[OH+]c3cc(O)cc(O[C@@H]4O[C@H](CO)[C@@H](O)[C@H](O)[C@H]4O)c3C=C2O[C@@H]2O[C@H](CO)[C@@H](O)[C@H](O)[C@H]2O)cc(OC)c1O. The zero-order chi connectivity index (χ0) is 33.4. The first-order chi connectivity index (χ1) is 21.9. The summed E-state index contributed by atoms with van der Waals surface area (Å²) in [4.78, 5) is 0. The number of methoxy groups -OCH3 is 2. The number of aliphatic hydroxyl groups excluding tert-OH is 8. The molecule has 46 heavy (non-hydrogen) atoms. The number of hydrogen-bond donors (Lipinski definition) is 10. The van der Waals surface area contributed by atoms with Crippen LogP contribution in [0.1, 0.15) is 17.2 Å². The van der Waals surface area contributed by atoms with Crippen molar-refractivity contribution in [3.8, 4) is 34.5 Å². The number of hydrogen-bond acceptors (Lipinski definition) is 16. The molecule has 3 aliphatic rings. The van der Waals surface area contributed by atoms with Crippen molar-refractivity contribution < 1.29 is 84.2 Å². The molecule has 2 saturated heterocycles. The van der Waals surface area contributed by atoms with Gasteiger partial charge in [-0.25, -0.2) is 0 Å². The van der Waals surface area contributed by atoms with Crippen molar-refractivity contribution in [3.63, 3.8) is 0 Å². The van der Waals surface area contributed by atoms with E-state index < -0.39 is 80.7 Å². The van der Waals surface area contributed by atoms with Gasteiger partial charge in [-0.05, 0) is 12.1 Å². The topological polar surface area (TPSA) is 270 Å². The van der Waals surface area contributed by atoms with Crippen LogP contribution in [-0.2, 0) is 14.2 Å². The Hall–Kier alpha value is -3.62. The van der Waals surface area contributed by atoms with Crippen LogP contribution < -0.4 is 14.2 Å². The number of ether oxygens (including phenoxy) is 7. The highest BCUT2D eigenvalue weighted by atomic mass is 16.7. The van der Waals surface area contributed by atoms with Gasteiger partial charge in [0.15, 0.2) is 17.3 Å². The Morgan fingerprint density at radius 2 is 1.20 bits per heavy atom. The fraction of sp³-hybridized carbons (Fsp3) is 0.517. The maximum Gasteiger partial charge on any atom is 0.270 e. The molecular weight excluding hydrogens is 620 g/mol. The van der Waals surface area contributed by atoms with E-state index in [1.54, 1.807) is 0 Å². The van der Waals surface area contributed by atoms with E-state index in [1.807, 2.05) is 0 Å². The molecule has 3 aliphatic heterocycles. The van der Waals surface area contributed by atoms with Gasteiger partial charge in [-0.3, -0.25) is 0 Å². The molecule has 0 aromatic heterocycles. The van der Waals surface area contributed by atoms with Crippen LogP contribution in [0, 0.1) is 0 Å². The van der Waals surface area contributed by atoms with E-state index in [-0.39, 0.29) is 45.8 Å². The highest BCUT2D eigenvalue weighted by molar-refractivity contribution is 5.70. The largest absolute Gasteiger partial charge is 0.571 e. The number of benzene rings is 2. The Labute approximate surface area is 261 Å². The molecule has 11 N–H and O–H groups in total. The van der Waals surface area contributed by atoms with Crippen LogP contribution in [0.2, 0.25) is 0 Å². The molecule has 5 rings (SSSR count). The van der Waals surface area contributed by atoms with E-state index in [2.05, 4.69) is 4.74 Å². The summed E-state index contributed by atoms with van der Waals surface area (Å²) in [7, 11) is 2.63. The van der Waals surface area contributed by atoms with Crippen molar-refractivity contribution >= 4 is 6.08 Å². The summed E-state index contributed by atoms with van der Waals surface area (Å²) in [5, 5.41) is 102. The quantitative estimate of drug-likeness (QED) is 0.124. The second-order valence-corrected chi connectivity index (χ2v) is 10.9. The molecule has 11 atom stereocenters. The van der Waals surface area contributed by atoms with E-state index >= 15 is 0 Å². The first-order valence-electron chi connectivity index (χ1n) is 14.1. The van der Waals surface area contributed by atoms with Crippen LogP contribution in [-0.4, -0.2) is 145 Å². The molecule has 2 aromatic rings. The molecule has 254 valence electrons. The number of phenolic OH excluding ortho intramolecular Hbond substituents is 2. The number of aliphatic hydroxyl groups is 9. The summed E-state index contributed by atoms with van der Waals surface area (Å²) >= 11 is 0. The van der Waals surface area contributed by atoms with Gasteiger partial charge in [0.2, 0.25) is 18.3 Å². The third-order valence-electron chi connectivity index (χ3n) is 7.94. The highest BCUT2D eigenvalue weighted by Crippen LogP contribution is 2.48. The molecule has 0 spiro atoms. The zero-order valence-electron chi connectivity index (χ0n) is 24.5. The highest BCUT2D eigenvalue weighted by Gasteiger charge is 2.48. The van der Waals surface area contributed by atoms with Crippen LogP contribution in [0.5, 0.6) is 34.5 Å². The molecular formula is C29H37O17+. The average Bonchev–Trinajstić information content (AvgIpc) is 3.05. The Bertz CT molecular complexity index is 1390. The Balaban J connectivity index is 1.59. The van der Waals surface area contributed by atoms with Crippen molar-refractivity contribution in [2.45, 2.75) is 67.5 Å². The second kappa shape index (κ2) is 13.6. The van der Waals surface area contributed by atoms with Gasteiger partial charge < -0.3 is 84.2 Å². The Morgan fingerprint density at radius 3 is 1.70 bits per heavy atom. The molecule has 0 radical (unpaired) electrons. The van der Waals surface area contributed by atoms with Gasteiger partial charge in [-0.2, -0.15) is 0 Å². The molecule has 1 unspecified atom stereocenters. The van der Waals surface area contributed by atoms with Crippen molar-refractivity contribution in [3.05, 3.63) is 41.2 Å². The second-order valence-electron chi connectivity index (χ2n) is 10.9. The molecule has 0 aliphatic carbocycles. The van der Waals surface area contributed by atoms with Gasteiger partial charge >= 0.3 is 0 Å². The number of rotatable bonds is 9.